The third-order valence-corrected chi connectivity index (χ3v) is 4.59. The lowest BCUT2D eigenvalue weighted by Gasteiger charge is -2.34. The first-order valence-corrected chi connectivity index (χ1v) is 8.86. The summed E-state index contributed by atoms with van der Waals surface area (Å²) in [5, 5.41) is 5.42. The van der Waals surface area contributed by atoms with E-state index < -0.39 is 6.09 Å². The minimum atomic E-state index is -0.619. The van der Waals surface area contributed by atoms with Crippen LogP contribution in [0.4, 0.5) is 21.9 Å². The van der Waals surface area contributed by atoms with Crippen LogP contribution in [-0.4, -0.2) is 57.2 Å². The van der Waals surface area contributed by atoms with Crippen LogP contribution in [0.1, 0.15) is 10.4 Å². The van der Waals surface area contributed by atoms with Crippen LogP contribution in [-0.2, 0) is 4.74 Å². The lowest BCUT2D eigenvalue weighted by atomic mass is 10.1. The molecule has 27 heavy (non-hydrogen) atoms. The van der Waals surface area contributed by atoms with E-state index in [0.29, 0.717) is 16.9 Å². The first-order chi connectivity index (χ1) is 13.1. The molecule has 2 aromatic rings. The van der Waals surface area contributed by atoms with Crippen molar-refractivity contribution in [2.24, 2.45) is 0 Å². The maximum atomic E-state index is 12.6. The number of benzene rings is 2. The van der Waals surface area contributed by atoms with Gasteiger partial charge in [-0.25, -0.2) is 4.79 Å². The molecule has 0 saturated carbocycles. The SMILES string of the molecule is COC(=O)Nc1ccccc1C(=O)Nc1ccc(N2CCN(C)CC2)cc1. The Bertz CT molecular complexity index is 799. The molecular formula is C20H24N4O3. The number of methoxy groups -OCH3 is 1. The summed E-state index contributed by atoms with van der Waals surface area (Å²) >= 11 is 0. The third-order valence-electron chi connectivity index (χ3n) is 4.59. The molecule has 0 aromatic heterocycles. The van der Waals surface area contributed by atoms with Gasteiger partial charge in [0.15, 0.2) is 0 Å². The van der Waals surface area contributed by atoms with Gasteiger partial charge in [-0.05, 0) is 43.4 Å². The number of amides is 2. The standard InChI is InChI=1S/C20H24N4O3/c1-23-11-13-24(14-12-23)16-9-7-15(8-10-16)21-19(25)17-5-3-4-6-18(17)22-20(26)27-2/h3-10H,11-14H2,1-2H3,(H,21,25)(H,22,26). The molecule has 142 valence electrons. The maximum Gasteiger partial charge on any atom is 0.411 e. The van der Waals surface area contributed by atoms with E-state index in [-0.39, 0.29) is 5.91 Å². The number of anilines is 3. The van der Waals surface area contributed by atoms with Crippen LogP contribution in [0.5, 0.6) is 0 Å². The molecule has 0 bridgehead atoms. The highest BCUT2D eigenvalue weighted by atomic mass is 16.5. The van der Waals surface area contributed by atoms with Gasteiger partial charge in [-0.15, -0.1) is 0 Å². The summed E-state index contributed by atoms with van der Waals surface area (Å²) in [5.41, 5.74) is 2.61. The highest BCUT2D eigenvalue weighted by Gasteiger charge is 2.15. The van der Waals surface area contributed by atoms with Crippen molar-refractivity contribution in [1.82, 2.24) is 4.90 Å². The Morgan fingerprint density at radius 2 is 1.59 bits per heavy atom. The summed E-state index contributed by atoms with van der Waals surface area (Å²) in [6, 6.07) is 14.6. The van der Waals surface area contributed by atoms with E-state index in [2.05, 4.69) is 32.2 Å². The molecule has 7 heteroatoms. The normalized spacial score (nSPS) is 14.5. The summed E-state index contributed by atoms with van der Waals surface area (Å²) in [6.45, 7) is 4.08. The van der Waals surface area contributed by atoms with Crippen molar-refractivity contribution in [2.75, 3.05) is 55.9 Å². The molecule has 1 aliphatic rings. The van der Waals surface area contributed by atoms with Crippen molar-refractivity contribution in [2.45, 2.75) is 0 Å². The Kier molecular flexibility index (Phi) is 5.93. The molecule has 1 saturated heterocycles. The second-order valence-electron chi connectivity index (χ2n) is 6.45. The smallest absolute Gasteiger partial charge is 0.411 e. The van der Waals surface area contributed by atoms with Crippen LogP contribution in [0.2, 0.25) is 0 Å². The average Bonchev–Trinajstić information content (AvgIpc) is 2.69. The Labute approximate surface area is 158 Å². The fraction of sp³-hybridized carbons (Fsp3) is 0.300. The monoisotopic (exact) mass is 368 g/mol. The maximum absolute atomic E-state index is 12.6. The lowest BCUT2D eigenvalue weighted by Crippen LogP contribution is -2.44. The third kappa shape index (κ3) is 4.77. The van der Waals surface area contributed by atoms with Crippen LogP contribution >= 0.6 is 0 Å². The first-order valence-electron chi connectivity index (χ1n) is 8.86. The predicted molar refractivity (Wildman–Crippen MR) is 107 cm³/mol. The number of carbonyl (C=O) groups excluding carboxylic acids is 2. The van der Waals surface area contributed by atoms with Gasteiger partial charge in [-0.2, -0.15) is 0 Å². The number of ether oxygens (including phenoxy) is 1. The Balaban J connectivity index is 1.67. The number of para-hydroxylation sites is 1. The fourth-order valence-electron chi connectivity index (χ4n) is 2.97. The van der Waals surface area contributed by atoms with Gasteiger partial charge in [0, 0.05) is 37.6 Å². The van der Waals surface area contributed by atoms with E-state index in [0.717, 1.165) is 31.9 Å². The second kappa shape index (κ2) is 8.55. The van der Waals surface area contributed by atoms with Crippen LogP contribution in [0.15, 0.2) is 48.5 Å². The number of piperazine rings is 1. The molecule has 1 fully saturated rings. The Morgan fingerprint density at radius 1 is 0.926 bits per heavy atom. The molecule has 2 amide bonds. The lowest BCUT2D eigenvalue weighted by molar-refractivity contribution is 0.102. The summed E-state index contributed by atoms with van der Waals surface area (Å²) in [7, 11) is 3.41. The van der Waals surface area contributed by atoms with E-state index >= 15 is 0 Å². The number of hydrogen-bond donors (Lipinski definition) is 2. The van der Waals surface area contributed by atoms with Gasteiger partial charge < -0.3 is 19.9 Å². The van der Waals surface area contributed by atoms with Crippen molar-refractivity contribution >= 4 is 29.1 Å². The number of hydrogen-bond acceptors (Lipinski definition) is 5. The van der Waals surface area contributed by atoms with Gasteiger partial charge in [0.25, 0.3) is 5.91 Å². The second-order valence-corrected chi connectivity index (χ2v) is 6.45. The summed E-state index contributed by atoms with van der Waals surface area (Å²) < 4.78 is 4.60. The first kappa shape index (κ1) is 18.7. The molecule has 1 aliphatic heterocycles. The molecule has 0 radical (unpaired) electrons. The van der Waals surface area contributed by atoms with Gasteiger partial charge in [0.05, 0.1) is 18.4 Å². The van der Waals surface area contributed by atoms with Gasteiger partial charge in [-0.3, -0.25) is 10.1 Å². The van der Waals surface area contributed by atoms with E-state index in [1.807, 2.05) is 24.3 Å². The predicted octanol–water partition coefficient (Wildman–Crippen LogP) is 2.87. The molecule has 3 rings (SSSR count). The number of rotatable bonds is 4. The molecular weight excluding hydrogens is 344 g/mol. The molecule has 2 aromatic carbocycles. The zero-order valence-corrected chi connectivity index (χ0v) is 15.6. The molecule has 0 aliphatic carbocycles. The fourth-order valence-corrected chi connectivity index (χ4v) is 2.97. The van der Waals surface area contributed by atoms with Crippen molar-refractivity contribution in [3.63, 3.8) is 0 Å². The highest BCUT2D eigenvalue weighted by molar-refractivity contribution is 6.09. The van der Waals surface area contributed by atoms with Gasteiger partial charge in [-0.1, -0.05) is 12.1 Å². The summed E-state index contributed by atoms with van der Waals surface area (Å²) in [6.07, 6.45) is -0.619. The molecule has 2 N–H and O–H groups in total. The van der Waals surface area contributed by atoms with Gasteiger partial charge >= 0.3 is 6.09 Å². The molecule has 0 unspecified atom stereocenters. The largest absolute Gasteiger partial charge is 0.453 e. The number of nitrogens with one attached hydrogen (secondary N) is 2. The zero-order chi connectivity index (χ0) is 19.2. The van der Waals surface area contributed by atoms with Crippen molar-refractivity contribution in [3.8, 4) is 0 Å². The average molecular weight is 368 g/mol. The van der Waals surface area contributed by atoms with E-state index in [4.69, 9.17) is 0 Å². The van der Waals surface area contributed by atoms with Crippen LogP contribution in [0.25, 0.3) is 0 Å². The van der Waals surface area contributed by atoms with Crippen LogP contribution in [0.3, 0.4) is 0 Å². The van der Waals surface area contributed by atoms with Crippen LogP contribution in [0, 0.1) is 0 Å². The number of nitrogens with zero attached hydrogens (tertiary/aromatic N) is 2. The molecule has 0 atom stereocenters. The van der Waals surface area contributed by atoms with Crippen molar-refractivity contribution in [3.05, 3.63) is 54.1 Å². The Morgan fingerprint density at radius 3 is 2.26 bits per heavy atom. The topological polar surface area (TPSA) is 73.9 Å². The zero-order valence-electron chi connectivity index (χ0n) is 15.6. The highest BCUT2D eigenvalue weighted by Crippen LogP contribution is 2.21. The van der Waals surface area contributed by atoms with Crippen molar-refractivity contribution in [1.29, 1.82) is 0 Å². The van der Waals surface area contributed by atoms with E-state index in [1.165, 1.54) is 7.11 Å². The minimum absolute atomic E-state index is 0.297. The van der Waals surface area contributed by atoms with E-state index in [1.54, 1.807) is 24.3 Å². The number of carbonyl (C=O) groups is 2. The summed E-state index contributed by atoms with van der Waals surface area (Å²) in [4.78, 5) is 28.7. The number of likely N-dealkylation sites (N-methyl/N-ethyl adjacent to an activating group) is 1. The van der Waals surface area contributed by atoms with Gasteiger partial charge in [0.2, 0.25) is 0 Å². The summed E-state index contributed by atoms with van der Waals surface area (Å²) in [5.74, 6) is -0.297. The van der Waals surface area contributed by atoms with Gasteiger partial charge in [0.1, 0.15) is 0 Å². The van der Waals surface area contributed by atoms with Crippen molar-refractivity contribution < 1.29 is 14.3 Å². The minimum Gasteiger partial charge on any atom is -0.453 e. The Hall–Kier alpha value is -3.06. The molecule has 7 nitrogen and oxygen atoms in total. The molecule has 0 spiro atoms. The quantitative estimate of drug-likeness (QED) is 0.868. The van der Waals surface area contributed by atoms with E-state index in [9.17, 15) is 9.59 Å². The molecule has 1 heterocycles. The van der Waals surface area contributed by atoms with Crippen LogP contribution < -0.4 is 15.5 Å².